The van der Waals surface area contributed by atoms with Crippen molar-refractivity contribution in [3.8, 4) is 0 Å². The van der Waals surface area contributed by atoms with E-state index in [2.05, 4.69) is 15.3 Å². The van der Waals surface area contributed by atoms with E-state index in [1.165, 1.54) is 4.31 Å². The zero-order valence-electron chi connectivity index (χ0n) is 18.1. The first-order valence-corrected chi connectivity index (χ1v) is 12.9. The number of rotatable bonds is 6. The molecule has 2 aromatic carbocycles. The smallest absolute Gasteiger partial charge is 0.243 e. The predicted octanol–water partition coefficient (Wildman–Crippen LogP) is 4.16. The summed E-state index contributed by atoms with van der Waals surface area (Å²) >= 11 is 12.3. The van der Waals surface area contributed by atoms with Gasteiger partial charge in [-0.2, -0.15) is 13.9 Å². The van der Waals surface area contributed by atoms with Crippen LogP contribution in [0, 0.1) is 0 Å². The van der Waals surface area contributed by atoms with Crippen LogP contribution in [0.25, 0.3) is 5.65 Å². The Morgan fingerprint density at radius 3 is 2.44 bits per heavy atom. The van der Waals surface area contributed by atoms with E-state index in [-0.39, 0.29) is 0 Å². The van der Waals surface area contributed by atoms with Gasteiger partial charge in [0.15, 0.2) is 5.65 Å². The summed E-state index contributed by atoms with van der Waals surface area (Å²) in [6, 6.07) is 17.7. The van der Waals surface area contributed by atoms with Crippen molar-refractivity contribution in [3.05, 3.63) is 82.5 Å². The second-order valence-electron chi connectivity index (χ2n) is 7.89. The topological polar surface area (TPSA) is 82.8 Å². The van der Waals surface area contributed by atoms with Gasteiger partial charge in [-0.15, -0.1) is 0 Å². The van der Waals surface area contributed by atoms with Gasteiger partial charge in [0.05, 0.1) is 11.1 Å². The third kappa shape index (κ3) is 4.56. The number of hydrogen-bond acceptors (Lipinski definition) is 6. The third-order valence-corrected chi connectivity index (χ3v) is 8.26. The van der Waals surface area contributed by atoms with Crippen LogP contribution in [0.2, 0.25) is 10.0 Å². The number of hydrogen-bond donors (Lipinski definition) is 1. The maximum atomic E-state index is 12.9. The zero-order chi connectivity index (χ0) is 23.7. The number of anilines is 2. The number of nitrogens with zero attached hydrogens (tertiary/aromatic N) is 5. The highest BCUT2D eigenvalue weighted by Gasteiger charge is 2.29. The summed E-state index contributed by atoms with van der Waals surface area (Å²) < 4.78 is 29.1. The Labute approximate surface area is 207 Å². The normalized spacial score (nSPS) is 15.1. The minimum absolute atomic E-state index is 0.314. The molecule has 0 spiro atoms. The van der Waals surface area contributed by atoms with E-state index < -0.39 is 10.0 Å². The molecule has 0 bridgehead atoms. The molecule has 1 fully saturated rings. The first kappa shape index (κ1) is 22.9. The lowest BCUT2D eigenvalue weighted by molar-refractivity contribution is 0.384. The predicted molar refractivity (Wildman–Crippen MR) is 134 cm³/mol. The average molecular weight is 517 g/mol. The Hall–Kier alpha value is -2.85. The number of nitrogens with one attached hydrogen (secondary N) is 1. The average Bonchev–Trinajstić information content (AvgIpc) is 3.33. The van der Waals surface area contributed by atoms with Crippen molar-refractivity contribution in [2.45, 2.75) is 11.4 Å². The Morgan fingerprint density at radius 2 is 1.71 bits per heavy atom. The summed E-state index contributed by atoms with van der Waals surface area (Å²) in [7, 11) is -3.51. The lowest BCUT2D eigenvalue weighted by atomic mass is 10.2. The summed E-state index contributed by atoms with van der Waals surface area (Å²) in [6.07, 6.45) is 1.69. The third-order valence-electron chi connectivity index (χ3n) is 5.76. The van der Waals surface area contributed by atoms with Gasteiger partial charge in [0.2, 0.25) is 10.0 Å². The molecule has 0 radical (unpaired) electrons. The highest BCUT2D eigenvalue weighted by atomic mass is 35.5. The van der Waals surface area contributed by atoms with Crippen molar-refractivity contribution in [2.75, 3.05) is 36.4 Å². The first-order chi connectivity index (χ1) is 16.4. The fourth-order valence-corrected chi connectivity index (χ4v) is 5.86. The molecule has 0 saturated carbocycles. The molecule has 0 unspecified atom stereocenters. The first-order valence-electron chi connectivity index (χ1n) is 10.7. The molecule has 1 saturated heterocycles. The van der Waals surface area contributed by atoms with Crippen molar-refractivity contribution >= 4 is 50.5 Å². The molecule has 34 heavy (non-hydrogen) atoms. The molecule has 0 atom stereocenters. The highest BCUT2D eigenvalue weighted by molar-refractivity contribution is 7.89. The summed E-state index contributed by atoms with van der Waals surface area (Å²) in [5, 5.41) is 8.92. The summed E-state index contributed by atoms with van der Waals surface area (Å²) in [5.41, 5.74) is 1.60. The van der Waals surface area contributed by atoms with E-state index in [9.17, 15) is 8.42 Å². The molecule has 1 aliphatic rings. The molecule has 11 heteroatoms. The Morgan fingerprint density at radius 1 is 0.941 bits per heavy atom. The number of aromatic nitrogens is 3. The standard InChI is InChI=1S/C23H22Cl2N6O2S/c24-18-7-6-17(20(25)14-18)16-26-22-15-23(28-21-8-9-27-31(21)22)29-10-12-30(13-11-29)34(32,33)19-4-2-1-3-5-19/h1-9,14-15,26H,10-13,16H2. The van der Waals surface area contributed by atoms with E-state index in [1.807, 2.05) is 24.3 Å². The highest BCUT2D eigenvalue weighted by Crippen LogP contribution is 2.25. The van der Waals surface area contributed by atoms with E-state index in [0.717, 1.165) is 17.2 Å². The van der Waals surface area contributed by atoms with Crippen molar-refractivity contribution < 1.29 is 8.42 Å². The van der Waals surface area contributed by atoms with E-state index in [4.69, 9.17) is 28.2 Å². The minimum Gasteiger partial charge on any atom is -0.366 e. The number of benzene rings is 2. The number of fused-ring (bicyclic) bond motifs is 1. The number of sulfonamides is 1. The van der Waals surface area contributed by atoms with Crippen molar-refractivity contribution in [3.63, 3.8) is 0 Å². The second kappa shape index (κ2) is 9.42. The van der Waals surface area contributed by atoms with Crippen LogP contribution in [-0.4, -0.2) is 53.5 Å². The largest absolute Gasteiger partial charge is 0.366 e. The van der Waals surface area contributed by atoms with Gasteiger partial charge in [0.25, 0.3) is 0 Å². The number of halogens is 2. The fraction of sp³-hybridized carbons (Fsp3) is 0.217. The van der Waals surface area contributed by atoms with Gasteiger partial charge in [-0.1, -0.05) is 47.5 Å². The van der Waals surface area contributed by atoms with Gasteiger partial charge in [0.1, 0.15) is 11.6 Å². The monoisotopic (exact) mass is 516 g/mol. The van der Waals surface area contributed by atoms with Crippen LogP contribution < -0.4 is 10.2 Å². The lowest BCUT2D eigenvalue weighted by Gasteiger charge is -2.34. The molecule has 0 aliphatic carbocycles. The maximum Gasteiger partial charge on any atom is 0.243 e. The van der Waals surface area contributed by atoms with Crippen LogP contribution in [0.5, 0.6) is 0 Å². The van der Waals surface area contributed by atoms with Crippen molar-refractivity contribution in [1.29, 1.82) is 0 Å². The van der Waals surface area contributed by atoms with Gasteiger partial charge >= 0.3 is 0 Å². The maximum absolute atomic E-state index is 12.9. The Bertz CT molecular complexity index is 1420. The fourth-order valence-electron chi connectivity index (χ4n) is 3.94. The van der Waals surface area contributed by atoms with Crippen molar-refractivity contribution in [1.82, 2.24) is 18.9 Å². The molecule has 2 aromatic heterocycles. The van der Waals surface area contributed by atoms with Gasteiger partial charge < -0.3 is 10.2 Å². The quantitative estimate of drug-likeness (QED) is 0.414. The van der Waals surface area contributed by atoms with Crippen LogP contribution in [0.4, 0.5) is 11.6 Å². The summed E-state index contributed by atoms with van der Waals surface area (Å²) in [6.45, 7) is 2.31. The van der Waals surface area contributed by atoms with Gasteiger partial charge in [-0.25, -0.2) is 13.4 Å². The van der Waals surface area contributed by atoms with E-state index in [0.29, 0.717) is 53.3 Å². The minimum atomic E-state index is -3.51. The molecule has 4 aromatic rings. The Balaban J connectivity index is 1.34. The molecule has 8 nitrogen and oxygen atoms in total. The van der Waals surface area contributed by atoms with Crippen LogP contribution in [0.3, 0.4) is 0 Å². The van der Waals surface area contributed by atoms with Gasteiger partial charge in [-0.05, 0) is 29.8 Å². The van der Waals surface area contributed by atoms with Crippen LogP contribution >= 0.6 is 23.2 Å². The summed E-state index contributed by atoms with van der Waals surface area (Å²) in [5.74, 6) is 1.52. The van der Waals surface area contributed by atoms with Crippen LogP contribution in [0.15, 0.2) is 71.8 Å². The SMILES string of the molecule is O=S(=O)(c1ccccc1)N1CCN(c2cc(NCc3ccc(Cl)cc3Cl)n3nccc3n2)CC1. The number of piperazine rings is 1. The summed E-state index contributed by atoms with van der Waals surface area (Å²) in [4.78, 5) is 7.13. The molecule has 3 heterocycles. The van der Waals surface area contributed by atoms with Crippen LogP contribution in [0.1, 0.15) is 5.56 Å². The van der Waals surface area contributed by atoms with Gasteiger partial charge in [0, 0.05) is 54.9 Å². The molecule has 5 rings (SSSR count). The molecule has 1 aliphatic heterocycles. The van der Waals surface area contributed by atoms with Crippen LogP contribution in [-0.2, 0) is 16.6 Å². The molecular formula is C23H22Cl2N6O2S. The molecule has 0 amide bonds. The zero-order valence-corrected chi connectivity index (χ0v) is 20.4. The lowest BCUT2D eigenvalue weighted by Crippen LogP contribution is -2.49. The van der Waals surface area contributed by atoms with Crippen molar-refractivity contribution in [2.24, 2.45) is 0 Å². The van der Waals surface area contributed by atoms with E-state index in [1.54, 1.807) is 47.1 Å². The van der Waals surface area contributed by atoms with E-state index >= 15 is 0 Å². The van der Waals surface area contributed by atoms with Gasteiger partial charge in [-0.3, -0.25) is 0 Å². The Kier molecular flexibility index (Phi) is 6.35. The molecule has 1 N–H and O–H groups in total. The second-order valence-corrected chi connectivity index (χ2v) is 10.7. The molecular weight excluding hydrogens is 495 g/mol. The molecule has 176 valence electrons.